The first kappa shape index (κ1) is 17.0. The van der Waals surface area contributed by atoms with Crippen molar-refractivity contribution >= 4 is 11.8 Å². The van der Waals surface area contributed by atoms with Crippen LogP contribution in [0.3, 0.4) is 0 Å². The van der Waals surface area contributed by atoms with Crippen LogP contribution in [0.2, 0.25) is 0 Å². The first-order valence-electron chi connectivity index (χ1n) is 7.58. The lowest BCUT2D eigenvalue weighted by Gasteiger charge is -2.37. The fourth-order valence-electron chi connectivity index (χ4n) is 2.49. The lowest BCUT2D eigenvalue weighted by atomic mass is 9.78. The van der Waals surface area contributed by atoms with Gasteiger partial charge in [-0.2, -0.15) is 0 Å². The minimum atomic E-state index is -0.561. The van der Waals surface area contributed by atoms with E-state index >= 15 is 0 Å². The standard InChI is InChI=1S/C15H29N3O2/c1-10(2)13(16)14(20)17-9-12(19)18-15(4)7-5-11(3)6-8-15/h10-11,13H,5-9,16H2,1-4H3,(H,17,20)(H,18,19)/t11?,13-,15?/m0/s1. The van der Waals surface area contributed by atoms with E-state index < -0.39 is 6.04 Å². The summed E-state index contributed by atoms with van der Waals surface area (Å²) in [4.78, 5) is 23.6. The Hall–Kier alpha value is -1.10. The Kier molecular flexibility index (Phi) is 5.99. The molecular weight excluding hydrogens is 254 g/mol. The summed E-state index contributed by atoms with van der Waals surface area (Å²) in [5.74, 6) is 0.406. The molecule has 0 unspecified atom stereocenters. The van der Waals surface area contributed by atoms with E-state index in [2.05, 4.69) is 24.5 Å². The van der Waals surface area contributed by atoms with Gasteiger partial charge in [-0.3, -0.25) is 9.59 Å². The molecule has 5 heteroatoms. The summed E-state index contributed by atoms with van der Waals surface area (Å²) in [6.45, 7) is 8.10. The third-order valence-electron chi connectivity index (χ3n) is 4.26. The molecular formula is C15H29N3O2. The highest BCUT2D eigenvalue weighted by Gasteiger charge is 2.31. The molecule has 0 aromatic heterocycles. The maximum atomic E-state index is 11.9. The second kappa shape index (κ2) is 7.07. The number of hydrogen-bond acceptors (Lipinski definition) is 3. The SMILES string of the molecule is CC1CCC(C)(NC(=O)CNC(=O)[C@@H](N)C(C)C)CC1. The molecule has 20 heavy (non-hydrogen) atoms. The molecule has 1 saturated carbocycles. The first-order valence-corrected chi connectivity index (χ1v) is 7.58. The lowest BCUT2D eigenvalue weighted by molar-refractivity contribution is -0.128. The molecule has 1 fully saturated rings. The Bertz CT molecular complexity index is 347. The summed E-state index contributed by atoms with van der Waals surface area (Å²) in [6.07, 6.45) is 4.28. The Morgan fingerprint density at radius 1 is 1.30 bits per heavy atom. The zero-order valence-electron chi connectivity index (χ0n) is 13.2. The molecule has 5 nitrogen and oxygen atoms in total. The van der Waals surface area contributed by atoms with Gasteiger partial charge in [0, 0.05) is 5.54 Å². The highest BCUT2D eigenvalue weighted by molar-refractivity contribution is 5.87. The second-order valence-corrected chi connectivity index (χ2v) is 6.78. The third kappa shape index (κ3) is 5.12. The summed E-state index contributed by atoms with van der Waals surface area (Å²) in [5.41, 5.74) is 5.60. The third-order valence-corrected chi connectivity index (χ3v) is 4.26. The fraction of sp³-hybridized carbons (Fsp3) is 0.867. The maximum absolute atomic E-state index is 11.9. The Morgan fingerprint density at radius 3 is 2.35 bits per heavy atom. The van der Waals surface area contributed by atoms with Gasteiger partial charge in [-0.15, -0.1) is 0 Å². The van der Waals surface area contributed by atoms with Gasteiger partial charge in [0.05, 0.1) is 12.6 Å². The molecule has 0 heterocycles. The van der Waals surface area contributed by atoms with Gasteiger partial charge in [-0.1, -0.05) is 20.8 Å². The first-order chi connectivity index (χ1) is 9.23. The van der Waals surface area contributed by atoms with E-state index in [1.165, 1.54) is 0 Å². The number of carbonyl (C=O) groups excluding carboxylic acids is 2. The highest BCUT2D eigenvalue weighted by atomic mass is 16.2. The van der Waals surface area contributed by atoms with Gasteiger partial charge in [0.25, 0.3) is 0 Å². The van der Waals surface area contributed by atoms with Gasteiger partial charge >= 0.3 is 0 Å². The van der Waals surface area contributed by atoms with Crippen LogP contribution in [0.4, 0.5) is 0 Å². The summed E-state index contributed by atoms with van der Waals surface area (Å²) in [7, 11) is 0. The van der Waals surface area contributed by atoms with Gasteiger partial charge in [0.2, 0.25) is 11.8 Å². The predicted molar refractivity (Wildman–Crippen MR) is 80.0 cm³/mol. The van der Waals surface area contributed by atoms with Crippen LogP contribution in [0, 0.1) is 11.8 Å². The zero-order valence-corrected chi connectivity index (χ0v) is 13.2. The van der Waals surface area contributed by atoms with Gasteiger partial charge in [-0.05, 0) is 44.4 Å². The van der Waals surface area contributed by atoms with Crippen LogP contribution in [0.25, 0.3) is 0 Å². The largest absolute Gasteiger partial charge is 0.349 e. The molecule has 1 aliphatic carbocycles. The van der Waals surface area contributed by atoms with Crippen LogP contribution >= 0.6 is 0 Å². The number of amides is 2. The zero-order chi connectivity index (χ0) is 15.3. The Labute approximate surface area is 122 Å². The summed E-state index contributed by atoms with van der Waals surface area (Å²) in [6, 6.07) is -0.561. The minimum Gasteiger partial charge on any atom is -0.349 e. The molecule has 1 aliphatic rings. The Balaban J connectivity index is 2.35. The van der Waals surface area contributed by atoms with Crippen molar-refractivity contribution < 1.29 is 9.59 Å². The molecule has 0 bridgehead atoms. The van der Waals surface area contributed by atoms with E-state index in [0.717, 1.165) is 31.6 Å². The molecule has 0 aromatic rings. The van der Waals surface area contributed by atoms with E-state index in [4.69, 9.17) is 5.73 Å². The van der Waals surface area contributed by atoms with Crippen LogP contribution in [-0.2, 0) is 9.59 Å². The number of hydrogen-bond donors (Lipinski definition) is 3. The van der Waals surface area contributed by atoms with Gasteiger partial charge in [-0.25, -0.2) is 0 Å². The lowest BCUT2D eigenvalue weighted by Crippen LogP contribution is -2.53. The summed E-state index contributed by atoms with van der Waals surface area (Å²) in [5, 5.41) is 5.65. The molecule has 0 aliphatic heterocycles. The van der Waals surface area contributed by atoms with Crippen LogP contribution in [-0.4, -0.2) is 29.9 Å². The predicted octanol–water partition coefficient (Wildman–Crippen LogP) is 1.17. The average molecular weight is 283 g/mol. The van der Waals surface area contributed by atoms with E-state index in [1.54, 1.807) is 0 Å². The second-order valence-electron chi connectivity index (χ2n) is 6.78. The summed E-state index contributed by atoms with van der Waals surface area (Å²) < 4.78 is 0. The molecule has 2 amide bonds. The molecule has 1 rings (SSSR count). The number of nitrogens with two attached hydrogens (primary N) is 1. The molecule has 4 N–H and O–H groups in total. The van der Waals surface area contributed by atoms with Crippen molar-refractivity contribution in [1.29, 1.82) is 0 Å². The van der Waals surface area contributed by atoms with Crippen LogP contribution in [0.5, 0.6) is 0 Å². The van der Waals surface area contributed by atoms with E-state index in [0.29, 0.717) is 0 Å². The van der Waals surface area contributed by atoms with Crippen molar-refractivity contribution in [2.75, 3.05) is 6.54 Å². The molecule has 116 valence electrons. The van der Waals surface area contributed by atoms with Gasteiger partial charge in [0.15, 0.2) is 0 Å². The van der Waals surface area contributed by atoms with Crippen molar-refractivity contribution in [3.05, 3.63) is 0 Å². The fourth-order valence-corrected chi connectivity index (χ4v) is 2.49. The van der Waals surface area contributed by atoms with Gasteiger partial charge in [0.1, 0.15) is 0 Å². The van der Waals surface area contributed by atoms with Crippen LogP contribution in [0.15, 0.2) is 0 Å². The van der Waals surface area contributed by atoms with E-state index in [9.17, 15) is 9.59 Å². The summed E-state index contributed by atoms with van der Waals surface area (Å²) >= 11 is 0. The number of nitrogens with one attached hydrogen (secondary N) is 2. The van der Waals surface area contributed by atoms with Crippen molar-refractivity contribution in [2.45, 2.75) is 65.0 Å². The normalized spacial score (nSPS) is 28.0. The molecule has 1 atom stereocenters. The van der Waals surface area contributed by atoms with Crippen molar-refractivity contribution in [3.8, 4) is 0 Å². The van der Waals surface area contributed by atoms with Gasteiger partial charge < -0.3 is 16.4 Å². The van der Waals surface area contributed by atoms with E-state index in [1.807, 2.05) is 13.8 Å². The van der Waals surface area contributed by atoms with Crippen molar-refractivity contribution in [1.82, 2.24) is 10.6 Å². The Morgan fingerprint density at radius 2 is 1.85 bits per heavy atom. The molecule has 0 saturated heterocycles. The maximum Gasteiger partial charge on any atom is 0.239 e. The number of carbonyl (C=O) groups is 2. The monoisotopic (exact) mass is 283 g/mol. The highest BCUT2D eigenvalue weighted by Crippen LogP contribution is 2.31. The van der Waals surface area contributed by atoms with Crippen molar-refractivity contribution in [3.63, 3.8) is 0 Å². The molecule has 0 radical (unpaired) electrons. The molecule has 0 spiro atoms. The van der Waals surface area contributed by atoms with Crippen molar-refractivity contribution in [2.24, 2.45) is 17.6 Å². The van der Waals surface area contributed by atoms with E-state index in [-0.39, 0.29) is 29.8 Å². The topological polar surface area (TPSA) is 84.2 Å². The van der Waals surface area contributed by atoms with Crippen LogP contribution in [0.1, 0.15) is 53.4 Å². The minimum absolute atomic E-state index is 0.00436. The van der Waals surface area contributed by atoms with Crippen LogP contribution < -0.4 is 16.4 Å². The number of rotatable bonds is 5. The smallest absolute Gasteiger partial charge is 0.239 e. The average Bonchev–Trinajstić information content (AvgIpc) is 2.38. The molecule has 0 aromatic carbocycles. The quantitative estimate of drug-likeness (QED) is 0.708.